The van der Waals surface area contributed by atoms with Crippen LogP contribution < -0.4 is 0 Å². The van der Waals surface area contributed by atoms with Crippen LogP contribution in [0.5, 0.6) is 0 Å². The van der Waals surface area contributed by atoms with E-state index in [9.17, 15) is 9.90 Å². The fourth-order valence-corrected chi connectivity index (χ4v) is 7.69. The number of hydrogen-bond acceptors (Lipinski definition) is 3. The van der Waals surface area contributed by atoms with E-state index in [0.717, 1.165) is 44.9 Å². The molecule has 0 amide bonds. The first kappa shape index (κ1) is 15.6. The van der Waals surface area contributed by atoms with E-state index >= 15 is 0 Å². The third-order valence-electron chi connectivity index (χ3n) is 9.24. The molecule has 0 aromatic rings. The first-order valence-corrected chi connectivity index (χ1v) is 9.95. The summed E-state index contributed by atoms with van der Waals surface area (Å²) in [5.41, 5.74) is 0.836. The van der Waals surface area contributed by atoms with Gasteiger partial charge in [0.05, 0.1) is 11.7 Å². The molecule has 0 radical (unpaired) electrons. The molecular weight excluding hydrogens is 300 g/mol. The normalized spacial score (nSPS) is 58.2. The molecular formula is C21H30O3. The maximum absolute atomic E-state index is 11.9. The summed E-state index contributed by atoms with van der Waals surface area (Å²) in [6.45, 7) is 6.83. The second-order valence-corrected chi connectivity index (χ2v) is 9.66. The van der Waals surface area contributed by atoms with Crippen LogP contribution in [0.25, 0.3) is 0 Å². The molecule has 1 spiro atoms. The van der Waals surface area contributed by atoms with Crippen LogP contribution in [-0.2, 0) is 9.53 Å². The van der Waals surface area contributed by atoms with E-state index in [0.29, 0.717) is 24.0 Å². The summed E-state index contributed by atoms with van der Waals surface area (Å²) in [6, 6.07) is 0. The number of rotatable bonds is 1. The van der Waals surface area contributed by atoms with Crippen LogP contribution in [0.1, 0.15) is 72.1 Å². The van der Waals surface area contributed by atoms with Crippen LogP contribution in [0.15, 0.2) is 11.6 Å². The molecule has 5 rings (SSSR count). The van der Waals surface area contributed by atoms with Gasteiger partial charge in [-0.3, -0.25) is 4.79 Å². The van der Waals surface area contributed by atoms with Crippen LogP contribution in [0.3, 0.4) is 0 Å². The highest BCUT2D eigenvalue weighted by molar-refractivity contribution is 5.91. The number of ether oxygens (including phenoxy) is 1. The zero-order chi connectivity index (χ0) is 17.0. The van der Waals surface area contributed by atoms with Crippen molar-refractivity contribution in [3.8, 4) is 0 Å². The molecule has 24 heavy (non-hydrogen) atoms. The van der Waals surface area contributed by atoms with Crippen LogP contribution in [0, 0.1) is 22.7 Å². The molecule has 1 saturated heterocycles. The molecule has 1 aliphatic heterocycles. The van der Waals surface area contributed by atoms with Gasteiger partial charge in [0.15, 0.2) is 5.78 Å². The van der Waals surface area contributed by atoms with E-state index in [4.69, 9.17) is 4.74 Å². The standard InChI is InChI=1S/C21H30O3/c1-4-20(23)10-8-15-16-6-5-13-11-14(22)7-9-18(13,2)21(16)17(24-21)12-19(15,20)3/h11,15-17,23H,4-10,12H2,1-3H3/t15-,16-,17+,18-,19-,20-,21?/m0/s1. The smallest absolute Gasteiger partial charge is 0.155 e. The summed E-state index contributed by atoms with van der Waals surface area (Å²) in [4.78, 5) is 11.9. The molecule has 1 unspecified atom stereocenters. The molecule has 0 bridgehead atoms. The Labute approximate surface area is 144 Å². The number of epoxide rings is 1. The molecule has 4 fully saturated rings. The zero-order valence-electron chi connectivity index (χ0n) is 15.2. The molecule has 7 atom stereocenters. The average molecular weight is 330 g/mol. The highest BCUT2D eigenvalue weighted by Crippen LogP contribution is 2.76. The predicted molar refractivity (Wildman–Crippen MR) is 91.4 cm³/mol. The molecule has 4 aliphatic carbocycles. The number of aliphatic hydroxyl groups is 1. The lowest BCUT2D eigenvalue weighted by atomic mass is 9.46. The van der Waals surface area contributed by atoms with Gasteiger partial charge in [-0.1, -0.05) is 26.3 Å². The summed E-state index contributed by atoms with van der Waals surface area (Å²) < 4.78 is 6.55. The predicted octanol–water partition coefficient (Wildman–Crippen LogP) is 3.79. The Morgan fingerprint density at radius 3 is 2.75 bits per heavy atom. The lowest BCUT2D eigenvalue weighted by Crippen LogP contribution is -2.59. The molecule has 0 aromatic heterocycles. The van der Waals surface area contributed by atoms with Crippen molar-refractivity contribution >= 4 is 5.78 Å². The van der Waals surface area contributed by atoms with E-state index in [1.165, 1.54) is 5.57 Å². The molecule has 5 aliphatic rings. The van der Waals surface area contributed by atoms with Crippen molar-refractivity contribution < 1.29 is 14.6 Å². The van der Waals surface area contributed by atoms with Crippen molar-refractivity contribution in [3.05, 3.63) is 11.6 Å². The number of hydrogen-bond donors (Lipinski definition) is 1. The maximum atomic E-state index is 11.9. The summed E-state index contributed by atoms with van der Waals surface area (Å²) in [7, 11) is 0. The second-order valence-electron chi connectivity index (χ2n) is 9.66. The maximum Gasteiger partial charge on any atom is 0.155 e. The number of ketones is 1. The Balaban J connectivity index is 1.58. The molecule has 3 nitrogen and oxygen atoms in total. The molecule has 3 saturated carbocycles. The Bertz CT molecular complexity index is 653. The lowest BCUT2D eigenvalue weighted by Gasteiger charge is -2.56. The van der Waals surface area contributed by atoms with Gasteiger partial charge in [0.25, 0.3) is 0 Å². The van der Waals surface area contributed by atoms with Crippen molar-refractivity contribution in [2.75, 3.05) is 0 Å². The third kappa shape index (κ3) is 1.47. The quantitative estimate of drug-likeness (QED) is 0.744. The summed E-state index contributed by atoms with van der Waals surface area (Å²) in [5.74, 6) is 1.42. The van der Waals surface area contributed by atoms with Crippen LogP contribution in [-0.4, -0.2) is 28.2 Å². The third-order valence-corrected chi connectivity index (χ3v) is 9.24. The molecule has 0 aromatic carbocycles. The van der Waals surface area contributed by atoms with Crippen molar-refractivity contribution in [3.63, 3.8) is 0 Å². The number of carbonyl (C=O) groups excluding carboxylic acids is 1. The Hall–Kier alpha value is -0.670. The minimum absolute atomic E-state index is 0.000846. The van der Waals surface area contributed by atoms with Gasteiger partial charge in [-0.25, -0.2) is 0 Å². The highest BCUT2D eigenvalue weighted by atomic mass is 16.6. The van der Waals surface area contributed by atoms with Gasteiger partial charge in [0.1, 0.15) is 5.60 Å². The zero-order valence-corrected chi connectivity index (χ0v) is 15.2. The minimum atomic E-state index is -0.519. The largest absolute Gasteiger partial charge is 0.389 e. The number of fused-ring (bicyclic) bond motifs is 3. The number of carbonyl (C=O) groups is 1. The Morgan fingerprint density at radius 2 is 2.00 bits per heavy atom. The average Bonchev–Trinajstić information content (AvgIpc) is 3.21. The Kier molecular flexibility index (Phi) is 2.82. The second kappa shape index (κ2) is 4.35. The van der Waals surface area contributed by atoms with E-state index in [2.05, 4.69) is 20.8 Å². The van der Waals surface area contributed by atoms with Crippen LogP contribution >= 0.6 is 0 Å². The van der Waals surface area contributed by atoms with E-state index < -0.39 is 5.60 Å². The molecule has 1 heterocycles. The van der Waals surface area contributed by atoms with Gasteiger partial charge < -0.3 is 9.84 Å². The van der Waals surface area contributed by atoms with Crippen molar-refractivity contribution in [1.82, 2.24) is 0 Å². The first-order valence-electron chi connectivity index (χ1n) is 9.95. The highest BCUT2D eigenvalue weighted by Gasteiger charge is 2.80. The van der Waals surface area contributed by atoms with E-state index in [1.807, 2.05) is 6.08 Å². The van der Waals surface area contributed by atoms with Gasteiger partial charge >= 0.3 is 0 Å². The van der Waals surface area contributed by atoms with Crippen molar-refractivity contribution in [2.45, 2.75) is 89.4 Å². The fourth-order valence-electron chi connectivity index (χ4n) is 7.69. The van der Waals surface area contributed by atoms with Gasteiger partial charge in [0, 0.05) is 17.3 Å². The van der Waals surface area contributed by atoms with Gasteiger partial charge in [-0.2, -0.15) is 0 Å². The van der Waals surface area contributed by atoms with Gasteiger partial charge in [-0.05, 0) is 62.9 Å². The first-order chi connectivity index (χ1) is 11.3. The van der Waals surface area contributed by atoms with E-state index in [1.54, 1.807) is 0 Å². The lowest BCUT2D eigenvalue weighted by molar-refractivity contribution is -0.120. The summed E-state index contributed by atoms with van der Waals surface area (Å²) in [6.07, 6.45) is 9.95. The topological polar surface area (TPSA) is 49.8 Å². The van der Waals surface area contributed by atoms with Gasteiger partial charge in [0.2, 0.25) is 0 Å². The molecule has 132 valence electrons. The van der Waals surface area contributed by atoms with E-state index in [-0.39, 0.29) is 22.5 Å². The summed E-state index contributed by atoms with van der Waals surface area (Å²) in [5, 5.41) is 11.3. The Morgan fingerprint density at radius 1 is 1.21 bits per heavy atom. The minimum Gasteiger partial charge on any atom is -0.389 e. The summed E-state index contributed by atoms with van der Waals surface area (Å²) >= 11 is 0. The van der Waals surface area contributed by atoms with Crippen molar-refractivity contribution in [2.24, 2.45) is 22.7 Å². The fraction of sp³-hybridized carbons (Fsp3) is 0.857. The van der Waals surface area contributed by atoms with Gasteiger partial charge in [-0.15, -0.1) is 0 Å². The van der Waals surface area contributed by atoms with Crippen LogP contribution in [0.2, 0.25) is 0 Å². The molecule has 3 heteroatoms. The van der Waals surface area contributed by atoms with Crippen molar-refractivity contribution in [1.29, 1.82) is 0 Å². The monoisotopic (exact) mass is 330 g/mol. The molecule has 1 N–H and O–H groups in total. The SMILES string of the molecule is CC[C@]1(O)CC[C@H]2[C@@H]3CCC4=CC(=O)CC[C@]4(C)C34O[C@@H]4C[C@@]21C. The van der Waals surface area contributed by atoms with Crippen LogP contribution in [0.4, 0.5) is 0 Å².